The van der Waals surface area contributed by atoms with E-state index in [0.29, 0.717) is 13.1 Å². The van der Waals surface area contributed by atoms with Crippen LogP contribution in [-0.2, 0) is 9.47 Å². The average molecular weight is 242 g/mol. The van der Waals surface area contributed by atoms with Crippen molar-refractivity contribution < 1.29 is 14.3 Å². The lowest BCUT2D eigenvalue weighted by Gasteiger charge is -2.24. The molecule has 2 atom stereocenters. The molecular formula is C12H22N2O3. The van der Waals surface area contributed by atoms with Crippen LogP contribution in [0.4, 0.5) is 4.79 Å². The summed E-state index contributed by atoms with van der Waals surface area (Å²) in [6, 6.07) is 0.255. The van der Waals surface area contributed by atoms with Crippen LogP contribution in [0.5, 0.6) is 0 Å². The molecule has 0 spiro atoms. The monoisotopic (exact) mass is 242 g/mol. The molecule has 2 heterocycles. The van der Waals surface area contributed by atoms with Crippen molar-refractivity contribution in [2.24, 2.45) is 0 Å². The summed E-state index contributed by atoms with van der Waals surface area (Å²) in [7, 11) is 0. The number of fused-ring (bicyclic) bond motifs is 1. The minimum Gasteiger partial charge on any atom is -0.444 e. The molecule has 1 amide bonds. The summed E-state index contributed by atoms with van der Waals surface area (Å²) in [6.07, 6.45) is 0.917. The van der Waals surface area contributed by atoms with Crippen molar-refractivity contribution in [1.29, 1.82) is 0 Å². The first-order chi connectivity index (χ1) is 7.96. The summed E-state index contributed by atoms with van der Waals surface area (Å²) in [5.41, 5.74) is -0.435. The van der Waals surface area contributed by atoms with Crippen LogP contribution in [0.1, 0.15) is 27.2 Å². The Balaban J connectivity index is 1.90. The van der Waals surface area contributed by atoms with Gasteiger partial charge in [-0.15, -0.1) is 0 Å². The first-order valence-electron chi connectivity index (χ1n) is 6.28. The van der Waals surface area contributed by atoms with Gasteiger partial charge in [-0.3, -0.25) is 0 Å². The third-order valence-electron chi connectivity index (χ3n) is 2.98. The molecule has 2 aliphatic rings. The molecule has 0 unspecified atom stereocenters. The second-order valence-corrected chi connectivity index (χ2v) is 5.71. The predicted molar refractivity (Wildman–Crippen MR) is 64.0 cm³/mol. The van der Waals surface area contributed by atoms with Gasteiger partial charge >= 0.3 is 6.09 Å². The van der Waals surface area contributed by atoms with E-state index < -0.39 is 5.60 Å². The molecule has 0 aliphatic carbocycles. The predicted octanol–water partition coefficient (Wildman–Crippen LogP) is 0.984. The molecule has 0 saturated carbocycles. The van der Waals surface area contributed by atoms with Gasteiger partial charge in [0.25, 0.3) is 0 Å². The van der Waals surface area contributed by atoms with E-state index in [2.05, 4.69) is 5.32 Å². The Hall–Kier alpha value is -0.810. The van der Waals surface area contributed by atoms with Gasteiger partial charge in [0.05, 0.1) is 18.7 Å². The Morgan fingerprint density at radius 1 is 1.41 bits per heavy atom. The minimum atomic E-state index is -0.435. The minimum absolute atomic E-state index is 0.116. The molecule has 2 rings (SSSR count). The van der Waals surface area contributed by atoms with Crippen LogP contribution in [0.3, 0.4) is 0 Å². The number of amides is 1. The third kappa shape index (κ3) is 3.33. The number of carbonyl (C=O) groups is 1. The number of nitrogens with one attached hydrogen (secondary N) is 1. The van der Waals surface area contributed by atoms with Crippen LogP contribution in [0, 0.1) is 0 Å². The summed E-state index contributed by atoms with van der Waals surface area (Å²) in [5, 5.41) is 3.42. The van der Waals surface area contributed by atoms with Crippen molar-refractivity contribution >= 4 is 6.09 Å². The van der Waals surface area contributed by atoms with Gasteiger partial charge < -0.3 is 19.7 Å². The molecule has 0 aromatic rings. The van der Waals surface area contributed by atoms with E-state index in [1.165, 1.54) is 0 Å². The second-order valence-electron chi connectivity index (χ2n) is 5.71. The lowest BCUT2D eigenvalue weighted by molar-refractivity contribution is 0.0215. The molecule has 0 aromatic carbocycles. The SMILES string of the molecule is CC(C)(C)OC(=O)N1C[C@@H]2NCCCO[C@@H]2C1. The molecule has 2 fully saturated rings. The number of likely N-dealkylation sites (tertiary alicyclic amines) is 1. The Morgan fingerprint density at radius 2 is 2.18 bits per heavy atom. The van der Waals surface area contributed by atoms with E-state index in [1.54, 1.807) is 4.90 Å². The van der Waals surface area contributed by atoms with Crippen LogP contribution in [0.15, 0.2) is 0 Å². The van der Waals surface area contributed by atoms with E-state index >= 15 is 0 Å². The molecule has 2 aliphatic heterocycles. The lowest BCUT2D eigenvalue weighted by Crippen LogP contribution is -2.39. The van der Waals surface area contributed by atoms with Gasteiger partial charge in [-0.25, -0.2) is 4.79 Å². The molecule has 5 nitrogen and oxygen atoms in total. The molecule has 17 heavy (non-hydrogen) atoms. The molecule has 98 valence electrons. The molecule has 1 N–H and O–H groups in total. The Bertz CT molecular complexity index is 274. The van der Waals surface area contributed by atoms with Gasteiger partial charge in [-0.05, 0) is 33.7 Å². The van der Waals surface area contributed by atoms with Crippen LogP contribution >= 0.6 is 0 Å². The Labute approximate surface area is 102 Å². The number of hydrogen-bond donors (Lipinski definition) is 1. The maximum absolute atomic E-state index is 11.9. The van der Waals surface area contributed by atoms with Crippen molar-refractivity contribution in [3.8, 4) is 0 Å². The smallest absolute Gasteiger partial charge is 0.410 e. The quantitative estimate of drug-likeness (QED) is 0.688. The largest absolute Gasteiger partial charge is 0.444 e. The zero-order chi connectivity index (χ0) is 12.5. The van der Waals surface area contributed by atoms with Crippen molar-refractivity contribution in [3.05, 3.63) is 0 Å². The molecule has 0 radical (unpaired) electrons. The van der Waals surface area contributed by atoms with Crippen molar-refractivity contribution in [2.75, 3.05) is 26.2 Å². The van der Waals surface area contributed by atoms with Gasteiger partial charge in [0.2, 0.25) is 0 Å². The summed E-state index contributed by atoms with van der Waals surface area (Å²) in [4.78, 5) is 13.6. The van der Waals surface area contributed by atoms with Crippen LogP contribution in [-0.4, -0.2) is 55.0 Å². The fourth-order valence-corrected chi connectivity index (χ4v) is 2.21. The van der Waals surface area contributed by atoms with Gasteiger partial charge in [-0.1, -0.05) is 0 Å². The standard InChI is InChI=1S/C12H22N2O3/c1-12(2,3)17-11(15)14-7-9-10(8-14)16-6-4-5-13-9/h9-10,13H,4-8H2,1-3H3/t9-,10+/m0/s1. The highest BCUT2D eigenvalue weighted by molar-refractivity contribution is 5.68. The highest BCUT2D eigenvalue weighted by Crippen LogP contribution is 2.19. The van der Waals surface area contributed by atoms with E-state index in [0.717, 1.165) is 19.6 Å². The zero-order valence-corrected chi connectivity index (χ0v) is 10.9. The van der Waals surface area contributed by atoms with E-state index in [4.69, 9.17) is 9.47 Å². The van der Waals surface area contributed by atoms with Crippen molar-refractivity contribution in [3.63, 3.8) is 0 Å². The van der Waals surface area contributed by atoms with Gasteiger partial charge in [0.15, 0.2) is 0 Å². The van der Waals surface area contributed by atoms with Crippen LogP contribution < -0.4 is 5.32 Å². The molecule has 2 saturated heterocycles. The maximum atomic E-state index is 11.9. The number of nitrogens with zero attached hydrogens (tertiary/aromatic N) is 1. The fourth-order valence-electron chi connectivity index (χ4n) is 2.21. The van der Waals surface area contributed by atoms with E-state index in [1.807, 2.05) is 20.8 Å². The third-order valence-corrected chi connectivity index (χ3v) is 2.98. The second kappa shape index (κ2) is 4.82. The molecule has 0 bridgehead atoms. The highest BCUT2D eigenvalue weighted by Gasteiger charge is 2.38. The molecular weight excluding hydrogens is 220 g/mol. The number of hydrogen-bond acceptors (Lipinski definition) is 4. The zero-order valence-electron chi connectivity index (χ0n) is 10.9. The Morgan fingerprint density at radius 3 is 2.88 bits per heavy atom. The van der Waals surface area contributed by atoms with Gasteiger partial charge in [0, 0.05) is 13.2 Å². The number of rotatable bonds is 0. The summed E-state index contributed by atoms with van der Waals surface area (Å²) < 4.78 is 11.1. The summed E-state index contributed by atoms with van der Waals surface area (Å²) in [6.45, 7) is 8.70. The first-order valence-corrected chi connectivity index (χ1v) is 6.28. The maximum Gasteiger partial charge on any atom is 0.410 e. The fraction of sp³-hybridized carbons (Fsp3) is 0.917. The van der Waals surface area contributed by atoms with Crippen LogP contribution in [0.2, 0.25) is 0 Å². The van der Waals surface area contributed by atoms with Crippen molar-refractivity contribution in [2.45, 2.75) is 44.9 Å². The first kappa shape index (κ1) is 12.6. The van der Waals surface area contributed by atoms with E-state index in [-0.39, 0.29) is 18.2 Å². The number of ether oxygens (including phenoxy) is 2. The van der Waals surface area contributed by atoms with E-state index in [9.17, 15) is 4.79 Å². The van der Waals surface area contributed by atoms with Crippen LogP contribution in [0.25, 0.3) is 0 Å². The molecule has 5 heteroatoms. The van der Waals surface area contributed by atoms with Gasteiger partial charge in [-0.2, -0.15) is 0 Å². The number of carbonyl (C=O) groups excluding carboxylic acids is 1. The molecule has 0 aromatic heterocycles. The lowest BCUT2D eigenvalue weighted by atomic mass is 10.2. The topological polar surface area (TPSA) is 50.8 Å². The summed E-state index contributed by atoms with van der Waals surface area (Å²) in [5.74, 6) is 0. The van der Waals surface area contributed by atoms with Gasteiger partial charge in [0.1, 0.15) is 5.60 Å². The average Bonchev–Trinajstić information content (AvgIpc) is 2.48. The highest BCUT2D eigenvalue weighted by atomic mass is 16.6. The normalized spacial score (nSPS) is 29.7. The van der Waals surface area contributed by atoms with Crippen molar-refractivity contribution in [1.82, 2.24) is 10.2 Å². The summed E-state index contributed by atoms with van der Waals surface area (Å²) >= 11 is 0. The Kier molecular flexibility index (Phi) is 3.58.